The Hall–Kier alpha value is -2.50. The first-order chi connectivity index (χ1) is 13.2. The average Bonchev–Trinajstić information content (AvgIpc) is 3.60. The molecular weight excluding hydrogens is 342 g/mol. The van der Waals surface area contributed by atoms with Crippen molar-refractivity contribution in [3.05, 3.63) is 41.2 Å². The first-order valence-corrected chi connectivity index (χ1v) is 9.73. The molecule has 4 rings (SSSR count). The number of nitrogens with one attached hydrogen (secondary N) is 1. The van der Waals surface area contributed by atoms with E-state index in [-0.39, 0.29) is 5.91 Å². The van der Waals surface area contributed by atoms with Gasteiger partial charge in [-0.05, 0) is 49.4 Å². The summed E-state index contributed by atoms with van der Waals surface area (Å²) in [5.74, 6) is 2.65. The van der Waals surface area contributed by atoms with E-state index in [0.29, 0.717) is 36.3 Å². The number of hydrogen-bond donors (Lipinski definition) is 1. The molecule has 0 aliphatic heterocycles. The van der Waals surface area contributed by atoms with Crippen LogP contribution in [0.15, 0.2) is 24.3 Å². The number of amides is 1. The maximum absolute atomic E-state index is 12.3. The monoisotopic (exact) mass is 369 g/mol. The number of hydrogen-bond acceptors (Lipinski definition) is 4. The molecule has 0 unspecified atom stereocenters. The summed E-state index contributed by atoms with van der Waals surface area (Å²) in [5, 5.41) is 7.81. The standard InChI is InChI=1S/C21H27N3O3/c1-26-19-8-3-14(11-20(19)27-2)12-21(25)22-9-10-24-18(16-6-7-16)13-17(23-24)15-4-5-15/h3,8,11,13,15-16H,4-7,9-10,12H2,1-2H3,(H,22,25). The van der Waals surface area contributed by atoms with Crippen LogP contribution in [-0.4, -0.2) is 36.5 Å². The van der Waals surface area contributed by atoms with Crippen LogP contribution < -0.4 is 14.8 Å². The molecule has 2 aliphatic carbocycles. The highest BCUT2D eigenvalue weighted by molar-refractivity contribution is 5.78. The zero-order valence-electron chi connectivity index (χ0n) is 16.0. The number of carbonyl (C=O) groups excluding carboxylic acids is 1. The smallest absolute Gasteiger partial charge is 0.224 e. The van der Waals surface area contributed by atoms with Crippen LogP contribution in [0.25, 0.3) is 0 Å². The molecule has 27 heavy (non-hydrogen) atoms. The minimum Gasteiger partial charge on any atom is -0.493 e. The molecule has 1 heterocycles. The van der Waals surface area contributed by atoms with Gasteiger partial charge in [0.2, 0.25) is 5.91 Å². The second kappa shape index (κ2) is 7.62. The Kier molecular flexibility index (Phi) is 5.05. The van der Waals surface area contributed by atoms with Gasteiger partial charge < -0.3 is 14.8 Å². The van der Waals surface area contributed by atoms with E-state index in [2.05, 4.69) is 16.1 Å². The van der Waals surface area contributed by atoms with Crippen molar-refractivity contribution in [3.63, 3.8) is 0 Å². The number of rotatable bonds is 9. The minimum absolute atomic E-state index is 0.00441. The van der Waals surface area contributed by atoms with Gasteiger partial charge in [-0.3, -0.25) is 9.48 Å². The molecule has 6 heteroatoms. The second-order valence-electron chi connectivity index (χ2n) is 7.48. The van der Waals surface area contributed by atoms with E-state index in [9.17, 15) is 4.79 Å². The average molecular weight is 369 g/mol. The van der Waals surface area contributed by atoms with E-state index in [1.165, 1.54) is 37.1 Å². The molecule has 6 nitrogen and oxygen atoms in total. The molecule has 0 spiro atoms. The second-order valence-corrected chi connectivity index (χ2v) is 7.48. The number of nitrogens with zero attached hydrogens (tertiary/aromatic N) is 2. The topological polar surface area (TPSA) is 65.4 Å². The number of benzene rings is 1. The molecular formula is C21H27N3O3. The molecule has 2 aromatic rings. The molecule has 1 amide bonds. The lowest BCUT2D eigenvalue weighted by molar-refractivity contribution is -0.120. The van der Waals surface area contributed by atoms with Gasteiger partial charge in [0.05, 0.1) is 32.9 Å². The fraction of sp³-hybridized carbons (Fsp3) is 0.524. The lowest BCUT2D eigenvalue weighted by Crippen LogP contribution is -2.29. The number of methoxy groups -OCH3 is 2. The lowest BCUT2D eigenvalue weighted by atomic mass is 10.1. The summed E-state index contributed by atoms with van der Waals surface area (Å²) in [6, 6.07) is 7.86. The highest BCUT2D eigenvalue weighted by Gasteiger charge is 2.32. The zero-order chi connectivity index (χ0) is 18.8. The van der Waals surface area contributed by atoms with Crippen LogP contribution in [0.2, 0.25) is 0 Å². The van der Waals surface area contributed by atoms with E-state index in [1.807, 2.05) is 18.2 Å². The maximum atomic E-state index is 12.3. The first-order valence-electron chi connectivity index (χ1n) is 9.73. The molecule has 2 fully saturated rings. The highest BCUT2D eigenvalue weighted by atomic mass is 16.5. The van der Waals surface area contributed by atoms with Crippen LogP contribution in [0, 0.1) is 0 Å². The minimum atomic E-state index is 0.00441. The van der Waals surface area contributed by atoms with E-state index in [1.54, 1.807) is 14.2 Å². The van der Waals surface area contributed by atoms with E-state index >= 15 is 0 Å². The van der Waals surface area contributed by atoms with Gasteiger partial charge in [0.15, 0.2) is 11.5 Å². The molecule has 1 aromatic carbocycles. The SMILES string of the molecule is COc1ccc(CC(=O)NCCn2nc(C3CC3)cc2C2CC2)cc1OC. The Morgan fingerprint density at radius 2 is 1.85 bits per heavy atom. The van der Waals surface area contributed by atoms with Gasteiger partial charge in [-0.15, -0.1) is 0 Å². The van der Waals surface area contributed by atoms with Gasteiger partial charge in [0, 0.05) is 24.1 Å². The largest absolute Gasteiger partial charge is 0.493 e. The van der Waals surface area contributed by atoms with Crippen molar-refractivity contribution in [3.8, 4) is 11.5 Å². The Balaban J connectivity index is 1.31. The van der Waals surface area contributed by atoms with Gasteiger partial charge in [-0.1, -0.05) is 6.07 Å². The van der Waals surface area contributed by atoms with Crippen LogP contribution >= 0.6 is 0 Å². The van der Waals surface area contributed by atoms with E-state index in [4.69, 9.17) is 14.6 Å². The maximum Gasteiger partial charge on any atom is 0.224 e. The van der Waals surface area contributed by atoms with Crippen LogP contribution in [0.1, 0.15) is 54.5 Å². The molecule has 0 radical (unpaired) electrons. The molecule has 0 bridgehead atoms. The highest BCUT2D eigenvalue weighted by Crippen LogP contribution is 2.44. The van der Waals surface area contributed by atoms with Crippen molar-refractivity contribution in [2.75, 3.05) is 20.8 Å². The summed E-state index contributed by atoms with van der Waals surface area (Å²) < 4.78 is 12.6. The van der Waals surface area contributed by atoms with Crippen molar-refractivity contribution in [2.45, 2.75) is 50.5 Å². The Morgan fingerprint density at radius 3 is 2.52 bits per heavy atom. The third kappa shape index (κ3) is 4.26. The summed E-state index contributed by atoms with van der Waals surface area (Å²) in [6.45, 7) is 1.33. The third-order valence-electron chi connectivity index (χ3n) is 5.28. The van der Waals surface area contributed by atoms with Gasteiger partial charge in [0.25, 0.3) is 0 Å². The van der Waals surface area contributed by atoms with Crippen molar-refractivity contribution in [2.24, 2.45) is 0 Å². The predicted molar refractivity (Wildman–Crippen MR) is 102 cm³/mol. The van der Waals surface area contributed by atoms with Gasteiger partial charge >= 0.3 is 0 Å². The molecule has 2 aliphatic rings. The fourth-order valence-electron chi connectivity index (χ4n) is 3.46. The molecule has 1 N–H and O–H groups in total. The van der Waals surface area contributed by atoms with Crippen LogP contribution in [0.3, 0.4) is 0 Å². The summed E-state index contributed by atoms with van der Waals surface area (Å²) in [6.07, 6.45) is 5.39. The molecule has 0 saturated heterocycles. The van der Waals surface area contributed by atoms with Gasteiger partial charge in [-0.25, -0.2) is 0 Å². The van der Waals surface area contributed by atoms with Crippen LogP contribution in [0.4, 0.5) is 0 Å². The van der Waals surface area contributed by atoms with Crippen LogP contribution in [-0.2, 0) is 17.8 Å². The third-order valence-corrected chi connectivity index (χ3v) is 5.28. The van der Waals surface area contributed by atoms with Gasteiger partial charge in [-0.2, -0.15) is 5.10 Å². The van der Waals surface area contributed by atoms with E-state index < -0.39 is 0 Å². The quantitative estimate of drug-likeness (QED) is 0.738. The van der Waals surface area contributed by atoms with Crippen molar-refractivity contribution < 1.29 is 14.3 Å². The van der Waals surface area contributed by atoms with E-state index in [0.717, 1.165) is 12.1 Å². The Labute approximate surface area is 159 Å². The van der Waals surface area contributed by atoms with Gasteiger partial charge in [0.1, 0.15) is 0 Å². The molecule has 1 aromatic heterocycles. The Morgan fingerprint density at radius 1 is 1.11 bits per heavy atom. The zero-order valence-corrected chi connectivity index (χ0v) is 16.0. The number of carbonyl (C=O) groups is 1. The Bertz CT molecular complexity index is 822. The first kappa shape index (κ1) is 17.9. The van der Waals surface area contributed by atoms with Crippen molar-refractivity contribution in [1.29, 1.82) is 0 Å². The molecule has 0 atom stereocenters. The summed E-state index contributed by atoms with van der Waals surface area (Å²) in [5.41, 5.74) is 3.50. The summed E-state index contributed by atoms with van der Waals surface area (Å²) in [4.78, 5) is 12.3. The molecule has 144 valence electrons. The lowest BCUT2D eigenvalue weighted by Gasteiger charge is -2.10. The summed E-state index contributed by atoms with van der Waals surface area (Å²) >= 11 is 0. The van der Waals surface area contributed by atoms with Crippen molar-refractivity contribution >= 4 is 5.91 Å². The van der Waals surface area contributed by atoms with Crippen LogP contribution in [0.5, 0.6) is 11.5 Å². The molecule has 2 saturated carbocycles. The van der Waals surface area contributed by atoms with Crippen molar-refractivity contribution in [1.82, 2.24) is 15.1 Å². The normalized spacial score (nSPS) is 16.2. The number of aromatic nitrogens is 2. The number of ether oxygens (including phenoxy) is 2. The predicted octanol–water partition coefficient (Wildman–Crippen LogP) is 3.01. The summed E-state index contributed by atoms with van der Waals surface area (Å²) in [7, 11) is 3.20. The fourth-order valence-corrected chi connectivity index (χ4v) is 3.46.